The molecule has 0 bridgehead atoms. The van der Waals surface area contributed by atoms with Gasteiger partial charge < -0.3 is 9.80 Å². The van der Waals surface area contributed by atoms with Gasteiger partial charge in [-0.2, -0.15) is 4.98 Å². The van der Waals surface area contributed by atoms with E-state index in [1.807, 2.05) is 0 Å². The summed E-state index contributed by atoms with van der Waals surface area (Å²) in [5, 5.41) is 0. The molecule has 0 aliphatic carbocycles. The predicted octanol–water partition coefficient (Wildman–Crippen LogP) is 4.63. The summed E-state index contributed by atoms with van der Waals surface area (Å²) in [5.74, 6) is 1.88. The quantitative estimate of drug-likeness (QED) is 0.820. The topological polar surface area (TPSA) is 32.3 Å². The largest absolute Gasteiger partial charge is 0.356 e. The maximum absolute atomic E-state index is 4.92. The van der Waals surface area contributed by atoms with Crippen molar-refractivity contribution in [1.82, 2.24) is 9.97 Å². The van der Waals surface area contributed by atoms with E-state index in [-0.39, 0.29) is 0 Å². The smallest absolute Gasteiger partial charge is 0.232 e. The van der Waals surface area contributed by atoms with Crippen molar-refractivity contribution in [3.05, 3.63) is 41.6 Å². The lowest BCUT2D eigenvalue weighted by Gasteiger charge is -2.26. The number of hydrogen-bond acceptors (Lipinski definition) is 4. The van der Waals surface area contributed by atoms with Gasteiger partial charge in [-0.05, 0) is 51.3 Å². The van der Waals surface area contributed by atoms with E-state index in [1.165, 1.54) is 31.2 Å². The maximum Gasteiger partial charge on any atom is 0.232 e. The normalized spacial score (nSPS) is 15.2. The Kier molecular flexibility index (Phi) is 5.34. The molecule has 1 saturated heterocycles. The molecule has 0 radical (unpaired) electrons. The zero-order valence-electron chi connectivity index (χ0n) is 15.1. The van der Waals surface area contributed by atoms with Gasteiger partial charge in [0, 0.05) is 37.1 Å². The average Bonchev–Trinajstić information content (AvgIpc) is 2.84. The first-order chi connectivity index (χ1) is 11.7. The van der Waals surface area contributed by atoms with Gasteiger partial charge in [0.2, 0.25) is 5.95 Å². The molecule has 0 atom stereocenters. The van der Waals surface area contributed by atoms with Crippen LogP contribution in [0.15, 0.2) is 30.3 Å². The number of hydrogen-bond donors (Lipinski definition) is 0. The van der Waals surface area contributed by atoms with Crippen LogP contribution in [0, 0.1) is 13.8 Å². The standard InChI is InChI=1S/C20H28N4/c1-4-24(18-11-9-10-16(2)14-18)20-21-17(3)15-19(22-20)23-12-7-5-6-8-13-23/h9-11,14-15H,4-8,12-13H2,1-3H3. The third kappa shape index (κ3) is 3.86. The minimum absolute atomic E-state index is 0.808. The lowest BCUT2D eigenvalue weighted by atomic mass is 10.2. The number of aromatic nitrogens is 2. The first kappa shape index (κ1) is 16.7. The van der Waals surface area contributed by atoms with Crippen LogP contribution in [0.2, 0.25) is 0 Å². The predicted molar refractivity (Wildman–Crippen MR) is 101 cm³/mol. The molecule has 0 spiro atoms. The van der Waals surface area contributed by atoms with E-state index in [0.717, 1.165) is 42.8 Å². The fourth-order valence-corrected chi connectivity index (χ4v) is 3.35. The zero-order chi connectivity index (χ0) is 16.9. The van der Waals surface area contributed by atoms with Crippen LogP contribution in [0.25, 0.3) is 0 Å². The van der Waals surface area contributed by atoms with Gasteiger partial charge in [-0.1, -0.05) is 25.0 Å². The summed E-state index contributed by atoms with van der Waals surface area (Å²) in [7, 11) is 0. The van der Waals surface area contributed by atoms with Crippen LogP contribution in [0.4, 0.5) is 17.5 Å². The van der Waals surface area contributed by atoms with Crippen molar-refractivity contribution in [3.8, 4) is 0 Å². The second-order valence-corrected chi connectivity index (χ2v) is 6.65. The lowest BCUT2D eigenvalue weighted by molar-refractivity contribution is 0.726. The number of nitrogens with zero attached hydrogens (tertiary/aromatic N) is 4. The van der Waals surface area contributed by atoms with Gasteiger partial charge >= 0.3 is 0 Å². The highest BCUT2D eigenvalue weighted by molar-refractivity contribution is 5.60. The molecular formula is C20H28N4. The van der Waals surface area contributed by atoms with E-state index in [4.69, 9.17) is 9.97 Å². The van der Waals surface area contributed by atoms with Crippen molar-refractivity contribution in [2.24, 2.45) is 0 Å². The van der Waals surface area contributed by atoms with Crippen LogP contribution in [0.3, 0.4) is 0 Å². The SMILES string of the molecule is CCN(c1cccc(C)c1)c1nc(C)cc(N2CCCCCC2)n1. The van der Waals surface area contributed by atoms with Crippen LogP contribution in [-0.4, -0.2) is 29.6 Å². The minimum atomic E-state index is 0.808. The molecular weight excluding hydrogens is 296 g/mol. The molecule has 2 aromatic rings. The zero-order valence-corrected chi connectivity index (χ0v) is 15.1. The summed E-state index contributed by atoms with van der Waals surface area (Å²) in [6, 6.07) is 10.7. The van der Waals surface area contributed by atoms with Gasteiger partial charge in [-0.15, -0.1) is 0 Å². The van der Waals surface area contributed by atoms with Crippen LogP contribution < -0.4 is 9.80 Å². The van der Waals surface area contributed by atoms with E-state index in [0.29, 0.717) is 0 Å². The Morgan fingerprint density at radius 1 is 1.00 bits per heavy atom. The molecule has 0 amide bonds. The van der Waals surface area contributed by atoms with Crippen LogP contribution in [0.1, 0.15) is 43.9 Å². The fraction of sp³-hybridized carbons (Fsp3) is 0.500. The van der Waals surface area contributed by atoms with Crippen LogP contribution >= 0.6 is 0 Å². The van der Waals surface area contributed by atoms with Crippen LogP contribution in [0.5, 0.6) is 0 Å². The number of benzene rings is 1. The Morgan fingerprint density at radius 3 is 2.42 bits per heavy atom. The molecule has 1 aliphatic heterocycles. The lowest BCUT2D eigenvalue weighted by Crippen LogP contribution is -2.27. The molecule has 4 heteroatoms. The van der Waals surface area contributed by atoms with Crippen molar-refractivity contribution < 1.29 is 0 Å². The summed E-state index contributed by atoms with van der Waals surface area (Å²) in [5.41, 5.74) is 3.45. The molecule has 4 nitrogen and oxygen atoms in total. The van der Waals surface area contributed by atoms with Gasteiger partial charge in [0.25, 0.3) is 0 Å². The molecule has 24 heavy (non-hydrogen) atoms. The monoisotopic (exact) mass is 324 g/mol. The van der Waals surface area contributed by atoms with Crippen molar-refractivity contribution in [2.75, 3.05) is 29.4 Å². The fourth-order valence-electron chi connectivity index (χ4n) is 3.35. The third-order valence-corrected chi connectivity index (χ3v) is 4.63. The Bertz CT molecular complexity index is 675. The van der Waals surface area contributed by atoms with E-state index in [1.54, 1.807) is 0 Å². The Labute approximate surface area is 145 Å². The first-order valence-corrected chi connectivity index (χ1v) is 9.12. The van der Waals surface area contributed by atoms with E-state index >= 15 is 0 Å². The number of anilines is 3. The molecule has 1 aromatic heterocycles. The van der Waals surface area contributed by atoms with E-state index in [2.05, 4.69) is 60.9 Å². The molecule has 1 fully saturated rings. The molecule has 1 aromatic carbocycles. The molecule has 128 valence electrons. The number of rotatable bonds is 4. The molecule has 0 unspecified atom stereocenters. The molecule has 1 aliphatic rings. The first-order valence-electron chi connectivity index (χ1n) is 9.12. The molecule has 2 heterocycles. The van der Waals surface area contributed by atoms with E-state index < -0.39 is 0 Å². The summed E-state index contributed by atoms with van der Waals surface area (Å²) < 4.78 is 0. The molecule has 0 saturated carbocycles. The van der Waals surface area contributed by atoms with E-state index in [9.17, 15) is 0 Å². The molecule has 3 rings (SSSR count). The summed E-state index contributed by atoms with van der Waals surface area (Å²) in [6.07, 6.45) is 5.18. The van der Waals surface area contributed by atoms with Crippen LogP contribution in [-0.2, 0) is 0 Å². The van der Waals surface area contributed by atoms with Gasteiger partial charge in [0.1, 0.15) is 5.82 Å². The van der Waals surface area contributed by atoms with Crippen molar-refractivity contribution in [2.45, 2.75) is 46.5 Å². The van der Waals surface area contributed by atoms with Crippen molar-refractivity contribution in [1.29, 1.82) is 0 Å². The highest BCUT2D eigenvalue weighted by Gasteiger charge is 2.16. The average molecular weight is 324 g/mol. The summed E-state index contributed by atoms with van der Waals surface area (Å²) in [4.78, 5) is 14.3. The minimum Gasteiger partial charge on any atom is -0.356 e. The Morgan fingerprint density at radius 2 is 1.75 bits per heavy atom. The van der Waals surface area contributed by atoms with Gasteiger partial charge in [0.15, 0.2) is 0 Å². The van der Waals surface area contributed by atoms with Crippen molar-refractivity contribution in [3.63, 3.8) is 0 Å². The van der Waals surface area contributed by atoms with Gasteiger partial charge in [-0.25, -0.2) is 4.98 Å². The van der Waals surface area contributed by atoms with Crippen molar-refractivity contribution >= 4 is 17.5 Å². The summed E-state index contributed by atoms with van der Waals surface area (Å²) in [6.45, 7) is 9.40. The number of aryl methyl sites for hydroxylation is 2. The Balaban J connectivity index is 1.94. The highest BCUT2D eigenvalue weighted by atomic mass is 15.3. The van der Waals surface area contributed by atoms with Gasteiger partial charge in [0.05, 0.1) is 0 Å². The third-order valence-electron chi connectivity index (χ3n) is 4.63. The van der Waals surface area contributed by atoms with Gasteiger partial charge in [-0.3, -0.25) is 0 Å². The second kappa shape index (κ2) is 7.65. The Hall–Kier alpha value is -2.10. The summed E-state index contributed by atoms with van der Waals surface area (Å²) >= 11 is 0. The highest BCUT2D eigenvalue weighted by Crippen LogP contribution is 2.26. The second-order valence-electron chi connectivity index (χ2n) is 6.65. The molecule has 0 N–H and O–H groups in total. The maximum atomic E-state index is 4.92.